The molecule has 0 saturated heterocycles. The van der Waals surface area contributed by atoms with Crippen molar-refractivity contribution in [3.05, 3.63) is 11.9 Å². The van der Waals surface area contributed by atoms with Crippen LogP contribution in [0.3, 0.4) is 0 Å². The number of nitrogens with zero attached hydrogens (tertiary/aromatic N) is 2. The van der Waals surface area contributed by atoms with Crippen LogP contribution in [0.2, 0.25) is 0 Å². The van der Waals surface area contributed by atoms with E-state index >= 15 is 0 Å². The van der Waals surface area contributed by atoms with Gasteiger partial charge in [0.2, 0.25) is 5.88 Å². The summed E-state index contributed by atoms with van der Waals surface area (Å²) in [6.07, 6.45) is 6.66. The number of ether oxygens (including phenoxy) is 1. The summed E-state index contributed by atoms with van der Waals surface area (Å²) < 4.78 is 5.84. The van der Waals surface area contributed by atoms with E-state index in [-0.39, 0.29) is 0 Å². The predicted octanol–water partition coefficient (Wildman–Crippen LogP) is 3.31. The van der Waals surface area contributed by atoms with Gasteiger partial charge in [0, 0.05) is 12.5 Å². The van der Waals surface area contributed by atoms with Crippen LogP contribution >= 0.6 is 0 Å². The fourth-order valence-electron chi connectivity index (χ4n) is 2.06. The third kappa shape index (κ3) is 5.74. The third-order valence-corrected chi connectivity index (χ3v) is 3.38. The van der Waals surface area contributed by atoms with Crippen LogP contribution in [0.4, 0.5) is 5.82 Å². The first kappa shape index (κ1) is 16.7. The molecule has 1 aromatic heterocycles. The number of unbranched alkanes of at least 4 members (excludes halogenated alkanes) is 1. The summed E-state index contributed by atoms with van der Waals surface area (Å²) in [5.41, 5.74) is 2.57. The normalized spacial score (nSPS) is 12.2. The fourth-order valence-corrected chi connectivity index (χ4v) is 2.06. The smallest absolute Gasteiger partial charge is 0.218 e. The van der Waals surface area contributed by atoms with Crippen LogP contribution in [0.1, 0.15) is 58.7 Å². The average molecular weight is 280 g/mol. The van der Waals surface area contributed by atoms with Gasteiger partial charge in [-0.2, -0.15) is 4.98 Å². The highest BCUT2D eigenvalue weighted by Gasteiger charge is 2.09. The maximum atomic E-state index is 5.84. The lowest BCUT2D eigenvalue weighted by atomic mass is 10.0. The van der Waals surface area contributed by atoms with Crippen LogP contribution < -0.4 is 16.0 Å². The van der Waals surface area contributed by atoms with Crippen LogP contribution in [0.25, 0.3) is 0 Å². The second-order valence-corrected chi connectivity index (χ2v) is 5.13. The van der Waals surface area contributed by atoms with Gasteiger partial charge in [0.05, 0.1) is 6.61 Å². The van der Waals surface area contributed by atoms with E-state index in [9.17, 15) is 0 Å². The third-order valence-electron chi connectivity index (χ3n) is 3.38. The van der Waals surface area contributed by atoms with Gasteiger partial charge in [-0.05, 0) is 18.8 Å². The number of nitrogens with one attached hydrogen (secondary N) is 1. The minimum absolute atomic E-state index is 0.592. The number of nitrogen functional groups attached to an aromatic ring is 1. The van der Waals surface area contributed by atoms with E-state index < -0.39 is 0 Å². The highest BCUT2D eigenvalue weighted by molar-refractivity contribution is 5.36. The van der Waals surface area contributed by atoms with Crippen molar-refractivity contribution in [2.24, 2.45) is 11.8 Å². The van der Waals surface area contributed by atoms with Gasteiger partial charge in [-0.1, -0.05) is 40.0 Å². The largest absolute Gasteiger partial charge is 0.477 e. The topological polar surface area (TPSA) is 73.1 Å². The monoisotopic (exact) mass is 280 g/mol. The lowest BCUT2D eigenvalue weighted by Gasteiger charge is -2.15. The van der Waals surface area contributed by atoms with Crippen molar-refractivity contribution in [3.63, 3.8) is 0 Å². The summed E-state index contributed by atoms with van der Waals surface area (Å²) in [6.45, 7) is 7.24. The Morgan fingerprint density at radius 3 is 2.65 bits per heavy atom. The minimum atomic E-state index is 0.592. The number of rotatable bonds is 10. The second-order valence-electron chi connectivity index (χ2n) is 5.13. The van der Waals surface area contributed by atoms with Gasteiger partial charge in [-0.3, -0.25) is 0 Å². The molecule has 5 nitrogen and oxygen atoms in total. The summed E-state index contributed by atoms with van der Waals surface area (Å²) in [7, 11) is 0. The average Bonchev–Trinajstić information content (AvgIpc) is 2.47. The van der Waals surface area contributed by atoms with Gasteiger partial charge < -0.3 is 10.2 Å². The molecule has 1 heterocycles. The van der Waals surface area contributed by atoms with E-state index in [4.69, 9.17) is 10.6 Å². The Kier molecular flexibility index (Phi) is 7.95. The Labute approximate surface area is 122 Å². The molecule has 0 amide bonds. The van der Waals surface area contributed by atoms with Crippen molar-refractivity contribution in [3.8, 4) is 5.88 Å². The molecule has 20 heavy (non-hydrogen) atoms. The molecule has 1 atom stereocenters. The minimum Gasteiger partial charge on any atom is -0.477 e. The van der Waals surface area contributed by atoms with E-state index in [1.807, 2.05) is 0 Å². The molecular formula is C15H28N4O. The Bertz CT molecular complexity index is 384. The lowest BCUT2D eigenvalue weighted by Crippen LogP contribution is -2.14. The highest BCUT2D eigenvalue weighted by atomic mass is 16.5. The molecule has 0 aliphatic rings. The number of anilines is 1. The van der Waals surface area contributed by atoms with Crippen molar-refractivity contribution in [2.45, 2.75) is 59.3 Å². The van der Waals surface area contributed by atoms with Gasteiger partial charge >= 0.3 is 0 Å². The Morgan fingerprint density at radius 2 is 2.05 bits per heavy atom. The zero-order valence-electron chi connectivity index (χ0n) is 13.0. The molecule has 0 fully saturated rings. The first-order chi connectivity index (χ1) is 9.73. The number of aromatic nitrogens is 2. The van der Waals surface area contributed by atoms with Crippen molar-refractivity contribution >= 4 is 5.82 Å². The molecule has 0 saturated carbocycles. The fraction of sp³-hybridized carbons (Fsp3) is 0.733. The second kappa shape index (κ2) is 9.53. The first-order valence-corrected chi connectivity index (χ1v) is 7.70. The number of aryl methyl sites for hydroxylation is 1. The van der Waals surface area contributed by atoms with E-state index in [2.05, 4.69) is 36.2 Å². The van der Waals surface area contributed by atoms with Crippen molar-refractivity contribution in [1.82, 2.24) is 9.97 Å². The molecule has 0 aromatic carbocycles. The van der Waals surface area contributed by atoms with Crippen molar-refractivity contribution < 1.29 is 4.74 Å². The maximum Gasteiger partial charge on any atom is 0.218 e. The molecule has 0 aliphatic heterocycles. The number of nitrogens with two attached hydrogens (primary N) is 1. The highest BCUT2D eigenvalue weighted by Crippen LogP contribution is 2.17. The molecule has 0 bridgehead atoms. The molecule has 3 N–H and O–H groups in total. The zero-order chi connectivity index (χ0) is 14.8. The summed E-state index contributed by atoms with van der Waals surface area (Å²) >= 11 is 0. The molecule has 1 unspecified atom stereocenters. The molecule has 0 radical (unpaired) electrons. The molecule has 0 spiro atoms. The van der Waals surface area contributed by atoms with Gasteiger partial charge in [0.15, 0.2) is 0 Å². The van der Waals surface area contributed by atoms with Gasteiger partial charge in [0.1, 0.15) is 11.6 Å². The Hall–Kier alpha value is -1.36. The zero-order valence-corrected chi connectivity index (χ0v) is 13.0. The summed E-state index contributed by atoms with van der Waals surface area (Å²) in [5.74, 6) is 8.03. The Morgan fingerprint density at radius 1 is 1.25 bits per heavy atom. The number of hydrogen-bond donors (Lipinski definition) is 2. The Balaban J connectivity index is 2.63. The van der Waals surface area contributed by atoms with E-state index in [1.165, 1.54) is 19.3 Å². The van der Waals surface area contributed by atoms with Crippen LogP contribution in [-0.2, 0) is 6.42 Å². The van der Waals surface area contributed by atoms with Gasteiger partial charge in [0.25, 0.3) is 0 Å². The van der Waals surface area contributed by atoms with E-state index in [1.54, 1.807) is 6.07 Å². The quantitative estimate of drug-likeness (QED) is 0.508. The summed E-state index contributed by atoms with van der Waals surface area (Å²) in [6, 6.07) is 1.76. The molecule has 0 aliphatic carbocycles. The SMILES string of the molecule is CCCCC(CC)COc1cc(NN)nc(CCC)n1. The van der Waals surface area contributed by atoms with E-state index in [0.717, 1.165) is 25.1 Å². The van der Waals surface area contributed by atoms with Crippen LogP contribution in [0.15, 0.2) is 6.07 Å². The molecular weight excluding hydrogens is 252 g/mol. The first-order valence-electron chi connectivity index (χ1n) is 7.70. The van der Waals surface area contributed by atoms with Crippen LogP contribution in [-0.4, -0.2) is 16.6 Å². The standard InChI is InChI=1S/C15H28N4O/c1-4-7-9-12(6-3)11-20-15-10-14(19-16)17-13(18-15)8-5-2/h10,12H,4-9,11,16H2,1-3H3,(H,17,18,19). The molecule has 5 heteroatoms. The molecule has 1 rings (SSSR count). The molecule has 1 aromatic rings. The van der Waals surface area contributed by atoms with Crippen LogP contribution in [0.5, 0.6) is 5.88 Å². The van der Waals surface area contributed by atoms with Gasteiger partial charge in [-0.25, -0.2) is 10.8 Å². The maximum absolute atomic E-state index is 5.84. The van der Waals surface area contributed by atoms with Crippen molar-refractivity contribution in [2.75, 3.05) is 12.0 Å². The predicted molar refractivity (Wildman–Crippen MR) is 82.6 cm³/mol. The van der Waals surface area contributed by atoms with E-state index in [0.29, 0.717) is 24.2 Å². The number of hydrazine groups is 1. The summed E-state index contributed by atoms with van der Waals surface area (Å²) in [4.78, 5) is 8.74. The molecule has 114 valence electrons. The van der Waals surface area contributed by atoms with Crippen molar-refractivity contribution in [1.29, 1.82) is 0 Å². The van der Waals surface area contributed by atoms with Gasteiger partial charge in [-0.15, -0.1) is 0 Å². The lowest BCUT2D eigenvalue weighted by molar-refractivity contribution is 0.225. The summed E-state index contributed by atoms with van der Waals surface area (Å²) in [5, 5.41) is 0. The number of hydrogen-bond acceptors (Lipinski definition) is 5. The van der Waals surface area contributed by atoms with Crippen LogP contribution in [0, 0.1) is 5.92 Å².